The van der Waals surface area contributed by atoms with E-state index >= 15 is 0 Å². The van der Waals surface area contributed by atoms with Crippen LogP contribution in [0.2, 0.25) is 0 Å². The van der Waals surface area contributed by atoms with Gasteiger partial charge in [0, 0.05) is 25.2 Å². The first-order chi connectivity index (χ1) is 12.6. The molecule has 2 aromatic carbocycles. The van der Waals surface area contributed by atoms with Gasteiger partial charge in [0.15, 0.2) is 0 Å². The average Bonchev–Trinajstić information content (AvgIpc) is 3.05. The van der Waals surface area contributed by atoms with Gasteiger partial charge in [-0.25, -0.2) is 4.39 Å². The molecule has 1 unspecified atom stereocenters. The Balaban J connectivity index is 1.56. The van der Waals surface area contributed by atoms with Crippen molar-refractivity contribution in [3.8, 4) is 0 Å². The molecule has 1 aliphatic rings. The highest BCUT2D eigenvalue weighted by Gasteiger charge is 2.35. The summed E-state index contributed by atoms with van der Waals surface area (Å²) in [7, 11) is 0. The third kappa shape index (κ3) is 4.10. The number of rotatable bonds is 6. The molecule has 0 saturated carbocycles. The van der Waals surface area contributed by atoms with E-state index in [2.05, 4.69) is 12.2 Å². The van der Waals surface area contributed by atoms with E-state index in [1.165, 1.54) is 12.1 Å². The van der Waals surface area contributed by atoms with Crippen LogP contribution in [0, 0.1) is 11.7 Å². The first-order valence-corrected chi connectivity index (χ1v) is 8.99. The Morgan fingerprint density at radius 1 is 1.19 bits per heavy atom. The standard InChI is InChI=1S/C21H23FN2O2/c1-2-16-5-3-4-6-19(16)24-14-17(13-20(24)25)21(26)23-12-11-15-7-9-18(22)10-8-15/h3-10,17H,2,11-14H2,1H3,(H,23,26). The summed E-state index contributed by atoms with van der Waals surface area (Å²) < 4.78 is 12.9. The first-order valence-electron chi connectivity index (χ1n) is 8.99. The topological polar surface area (TPSA) is 49.4 Å². The Hall–Kier alpha value is -2.69. The number of anilines is 1. The first kappa shape index (κ1) is 18.1. The van der Waals surface area contributed by atoms with Gasteiger partial charge in [0.25, 0.3) is 0 Å². The van der Waals surface area contributed by atoms with Gasteiger partial charge in [-0.2, -0.15) is 0 Å². The molecule has 0 aromatic heterocycles. The van der Waals surface area contributed by atoms with E-state index in [1.54, 1.807) is 17.0 Å². The van der Waals surface area contributed by atoms with Crippen LogP contribution in [-0.2, 0) is 22.4 Å². The van der Waals surface area contributed by atoms with Gasteiger partial charge in [-0.3, -0.25) is 9.59 Å². The Kier molecular flexibility index (Phi) is 5.66. The second kappa shape index (κ2) is 8.13. The summed E-state index contributed by atoms with van der Waals surface area (Å²) in [6.07, 6.45) is 1.71. The molecule has 2 amide bonds. The molecule has 136 valence electrons. The second-order valence-electron chi connectivity index (χ2n) is 6.56. The lowest BCUT2D eigenvalue weighted by atomic mass is 10.1. The van der Waals surface area contributed by atoms with Crippen LogP contribution in [0.1, 0.15) is 24.5 Å². The molecule has 0 radical (unpaired) electrons. The van der Waals surface area contributed by atoms with E-state index in [9.17, 15) is 14.0 Å². The van der Waals surface area contributed by atoms with Gasteiger partial charge < -0.3 is 10.2 Å². The monoisotopic (exact) mass is 354 g/mol. The number of hydrogen-bond donors (Lipinski definition) is 1. The quantitative estimate of drug-likeness (QED) is 0.867. The van der Waals surface area contributed by atoms with Crippen molar-refractivity contribution in [2.75, 3.05) is 18.0 Å². The van der Waals surface area contributed by atoms with Crippen LogP contribution in [0.4, 0.5) is 10.1 Å². The summed E-state index contributed by atoms with van der Waals surface area (Å²) in [5, 5.41) is 2.90. The van der Waals surface area contributed by atoms with Gasteiger partial charge in [-0.1, -0.05) is 37.3 Å². The van der Waals surface area contributed by atoms with E-state index in [0.717, 1.165) is 23.2 Å². The molecule has 4 nitrogen and oxygen atoms in total. The fourth-order valence-corrected chi connectivity index (χ4v) is 3.31. The van der Waals surface area contributed by atoms with Gasteiger partial charge in [0.1, 0.15) is 5.82 Å². The Labute approximate surface area is 153 Å². The van der Waals surface area contributed by atoms with Crippen molar-refractivity contribution in [1.82, 2.24) is 5.32 Å². The van der Waals surface area contributed by atoms with E-state index in [1.807, 2.05) is 24.3 Å². The zero-order chi connectivity index (χ0) is 18.5. The van der Waals surface area contributed by atoms with Gasteiger partial charge in [0.05, 0.1) is 5.92 Å². The molecule has 1 heterocycles. The van der Waals surface area contributed by atoms with Crippen LogP contribution in [0.15, 0.2) is 48.5 Å². The van der Waals surface area contributed by atoms with Crippen LogP contribution in [0.5, 0.6) is 0 Å². The van der Waals surface area contributed by atoms with E-state index in [4.69, 9.17) is 0 Å². The Morgan fingerprint density at radius 2 is 1.92 bits per heavy atom. The summed E-state index contributed by atoms with van der Waals surface area (Å²) in [5.41, 5.74) is 2.98. The molecule has 0 spiro atoms. The maximum Gasteiger partial charge on any atom is 0.227 e. The van der Waals surface area contributed by atoms with Crippen LogP contribution in [-0.4, -0.2) is 24.9 Å². The number of nitrogens with zero attached hydrogens (tertiary/aromatic N) is 1. The van der Waals surface area contributed by atoms with Crippen LogP contribution < -0.4 is 10.2 Å². The molecule has 5 heteroatoms. The molecule has 3 rings (SSSR count). The van der Waals surface area contributed by atoms with E-state index in [-0.39, 0.29) is 30.0 Å². The van der Waals surface area contributed by atoms with Crippen LogP contribution in [0.3, 0.4) is 0 Å². The van der Waals surface area contributed by atoms with Crippen molar-refractivity contribution in [2.45, 2.75) is 26.2 Å². The minimum Gasteiger partial charge on any atom is -0.355 e. The highest BCUT2D eigenvalue weighted by molar-refractivity contribution is 6.00. The summed E-state index contributed by atoms with van der Waals surface area (Å²) in [5.74, 6) is -0.711. The molecule has 1 saturated heterocycles. The van der Waals surface area contributed by atoms with Crippen molar-refractivity contribution in [1.29, 1.82) is 0 Å². The molecule has 1 aliphatic heterocycles. The third-order valence-corrected chi connectivity index (χ3v) is 4.79. The lowest BCUT2D eigenvalue weighted by molar-refractivity contribution is -0.126. The zero-order valence-electron chi connectivity index (χ0n) is 14.9. The molecule has 1 N–H and O–H groups in total. The summed E-state index contributed by atoms with van der Waals surface area (Å²) >= 11 is 0. The number of carbonyl (C=O) groups is 2. The van der Waals surface area contributed by atoms with Crippen LogP contribution in [0.25, 0.3) is 0 Å². The van der Waals surface area contributed by atoms with Gasteiger partial charge in [-0.05, 0) is 42.2 Å². The van der Waals surface area contributed by atoms with Crippen molar-refractivity contribution < 1.29 is 14.0 Å². The predicted octanol–water partition coefficient (Wildman–Crippen LogP) is 3.10. The number of hydrogen-bond acceptors (Lipinski definition) is 2. The summed E-state index contributed by atoms with van der Waals surface area (Å²) in [6, 6.07) is 14.1. The van der Waals surface area contributed by atoms with Crippen molar-refractivity contribution in [2.24, 2.45) is 5.92 Å². The minimum atomic E-state index is -0.333. The van der Waals surface area contributed by atoms with Gasteiger partial charge >= 0.3 is 0 Å². The van der Waals surface area contributed by atoms with Crippen molar-refractivity contribution in [3.63, 3.8) is 0 Å². The molecule has 2 aromatic rings. The highest BCUT2D eigenvalue weighted by atomic mass is 19.1. The molecule has 0 bridgehead atoms. The SMILES string of the molecule is CCc1ccccc1N1CC(C(=O)NCCc2ccc(F)cc2)CC1=O. The van der Waals surface area contributed by atoms with E-state index < -0.39 is 0 Å². The van der Waals surface area contributed by atoms with Gasteiger partial charge in [-0.15, -0.1) is 0 Å². The highest BCUT2D eigenvalue weighted by Crippen LogP contribution is 2.28. The number of halogens is 1. The van der Waals surface area contributed by atoms with E-state index in [0.29, 0.717) is 19.5 Å². The fourth-order valence-electron chi connectivity index (χ4n) is 3.31. The zero-order valence-corrected chi connectivity index (χ0v) is 14.9. The number of benzene rings is 2. The third-order valence-electron chi connectivity index (χ3n) is 4.79. The number of aryl methyl sites for hydroxylation is 1. The maximum atomic E-state index is 12.9. The lowest BCUT2D eigenvalue weighted by Gasteiger charge is -2.20. The number of carbonyl (C=O) groups excluding carboxylic acids is 2. The summed E-state index contributed by atoms with van der Waals surface area (Å²) in [4.78, 5) is 26.5. The molecular formula is C21H23FN2O2. The molecule has 0 aliphatic carbocycles. The minimum absolute atomic E-state index is 0.00964. The van der Waals surface area contributed by atoms with Crippen molar-refractivity contribution >= 4 is 17.5 Å². The largest absolute Gasteiger partial charge is 0.355 e. The average molecular weight is 354 g/mol. The molecule has 1 fully saturated rings. The molecular weight excluding hydrogens is 331 g/mol. The smallest absolute Gasteiger partial charge is 0.227 e. The fraction of sp³-hybridized carbons (Fsp3) is 0.333. The number of nitrogens with one attached hydrogen (secondary N) is 1. The Bertz CT molecular complexity index is 789. The lowest BCUT2D eigenvalue weighted by Crippen LogP contribution is -2.34. The number of para-hydroxylation sites is 1. The van der Waals surface area contributed by atoms with Crippen LogP contribution >= 0.6 is 0 Å². The van der Waals surface area contributed by atoms with Crippen molar-refractivity contribution in [3.05, 3.63) is 65.5 Å². The predicted molar refractivity (Wildman–Crippen MR) is 99.4 cm³/mol. The maximum absolute atomic E-state index is 12.9. The second-order valence-corrected chi connectivity index (χ2v) is 6.56. The van der Waals surface area contributed by atoms with Gasteiger partial charge in [0.2, 0.25) is 11.8 Å². The molecule has 1 atom stereocenters. The number of amides is 2. The molecule has 26 heavy (non-hydrogen) atoms. The summed E-state index contributed by atoms with van der Waals surface area (Å²) in [6.45, 7) is 2.94. The Morgan fingerprint density at radius 3 is 2.65 bits per heavy atom. The normalized spacial score (nSPS) is 16.8.